The second-order valence-electron chi connectivity index (χ2n) is 8.11. The van der Waals surface area contributed by atoms with E-state index >= 15 is 0 Å². The van der Waals surface area contributed by atoms with Gasteiger partial charge in [-0.15, -0.1) is 24.0 Å². The second kappa shape index (κ2) is 10.9. The molecule has 0 spiro atoms. The Morgan fingerprint density at radius 2 is 1.84 bits per heavy atom. The summed E-state index contributed by atoms with van der Waals surface area (Å²) < 4.78 is 0. The van der Waals surface area contributed by atoms with Crippen LogP contribution in [0.25, 0.3) is 0 Å². The second-order valence-corrected chi connectivity index (χ2v) is 8.11. The van der Waals surface area contributed by atoms with E-state index in [4.69, 9.17) is 0 Å². The molecule has 2 heterocycles. The molecule has 2 atom stereocenters. The van der Waals surface area contributed by atoms with Gasteiger partial charge in [-0.2, -0.15) is 0 Å². The van der Waals surface area contributed by atoms with Crippen LogP contribution in [0.15, 0.2) is 4.99 Å². The first-order chi connectivity index (χ1) is 11.7. The zero-order valence-electron chi connectivity index (χ0n) is 16.2. The molecule has 25 heavy (non-hydrogen) atoms. The van der Waals surface area contributed by atoms with Gasteiger partial charge in [-0.3, -0.25) is 9.89 Å². The SMILES string of the molecule is CN=C(NCCN1CCCC(C)C1)NC1CCN(C2CCCC2)C1.I. The molecule has 2 aliphatic heterocycles. The van der Waals surface area contributed by atoms with Crippen molar-refractivity contribution in [2.45, 2.75) is 64.0 Å². The Hall–Kier alpha value is -0.0800. The van der Waals surface area contributed by atoms with Crippen molar-refractivity contribution >= 4 is 29.9 Å². The van der Waals surface area contributed by atoms with E-state index < -0.39 is 0 Å². The van der Waals surface area contributed by atoms with Crippen molar-refractivity contribution in [2.24, 2.45) is 10.9 Å². The first kappa shape index (κ1) is 21.2. The van der Waals surface area contributed by atoms with Gasteiger partial charge in [0, 0.05) is 51.9 Å². The molecule has 0 radical (unpaired) electrons. The molecule has 3 rings (SSSR count). The largest absolute Gasteiger partial charge is 0.355 e. The van der Waals surface area contributed by atoms with E-state index in [9.17, 15) is 0 Å². The van der Waals surface area contributed by atoms with Gasteiger partial charge in [0.15, 0.2) is 5.96 Å². The summed E-state index contributed by atoms with van der Waals surface area (Å²) in [6.45, 7) is 9.45. The van der Waals surface area contributed by atoms with Gasteiger partial charge in [0.25, 0.3) is 0 Å². The number of nitrogens with one attached hydrogen (secondary N) is 2. The minimum absolute atomic E-state index is 0. The van der Waals surface area contributed by atoms with Gasteiger partial charge in [-0.25, -0.2) is 0 Å². The van der Waals surface area contributed by atoms with Crippen molar-refractivity contribution in [1.82, 2.24) is 20.4 Å². The first-order valence-corrected chi connectivity index (χ1v) is 10.2. The van der Waals surface area contributed by atoms with Crippen molar-refractivity contribution in [3.8, 4) is 0 Å². The maximum atomic E-state index is 4.43. The average Bonchev–Trinajstić information content (AvgIpc) is 3.25. The summed E-state index contributed by atoms with van der Waals surface area (Å²) in [6, 6.07) is 1.42. The van der Waals surface area contributed by atoms with Crippen LogP contribution < -0.4 is 10.6 Å². The standard InChI is InChI=1S/C19H37N5.HI/c1-16-6-5-11-23(14-16)13-10-21-19(20-2)22-17-9-12-24(15-17)18-7-3-4-8-18;/h16-18H,3-15H2,1-2H3,(H2,20,21,22);1H. The van der Waals surface area contributed by atoms with E-state index in [0.29, 0.717) is 6.04 Å². The maximum Gasteiger partial charge on any atom is 0.191 e. The molecule has 3 aliphatic rings. The van der Waals surface area contributed by atoms with Crippen LogP contribution in [-0.4, -0.2) is 74.2 Å². The highest BCUT2D eigenvalue weighted by Gasteiger charge is 2.30. The lowest BCUT2D eigenvalue weighted by Gasteiger charge is -2.31. The van der Waals surface area contributed by atoms with Crippen molar-refractivity contribution in [3.63, 3.8) is 0 Å². The fourth-order valence-corrected chi connectivity index (χ4v) is 4.72. The summed E-state index contributed by atoms with van der Waals surface area (Å²) in [6.07, 6.45) is 9.68. The highest BCUT2D eigenvalue weighted by Crippen LogP contribution is 2.26. The van der Waals surface area contributed by atoms with Crippen molar-refractivity contribution in [3.05, 3.63) is 0 Å². The molecule has 146 valence electrons. The predicted molar refractivity (Wildman–Crippen MR) is 117 cm³/mol. The van der Waals surface area contributed by atoms with Gasteiger partial charge in [0.2, 0.25) is 0 Å². The Balaban J connectivity index is 0.00000225. The van der Waals surface area contributed by atoms with Crippen LogP contribution >= 0.6 is 24.0 Å². The van der Waals surface area contributed by atoms with E-state index in [1.165, 1.54) is 71.1 Å². The minimum Gasteiger partial charge on any atom is -0.355 e. The van der Waals surface area contributed by atoms with Crippen LogP contribution in [0, 0.1) is 5.92 Å². The number of halogens is 1. The normalized spacial score (nSPS) is 29.6. The summed E-state index contributed by atoms with van der Waals surface area (Å²) in [4.78, 5) is 9.72. The van der Waals surface area contributed by atoms with Gasteiger partial charge < -0.3 is 15.5 Å². The predicted octanol–water partition coefficient (Wildman–Crippen LogP) is 2.52. The number of nitrogens with zero attached hydrogens (tertiary/aromatic N) is 3. The van der Waals surface area contributed by atoms with E-state index in [2.05, 4.69) is 32.3 Å². The lowest BCUT2D eigenvalue weighted by molar-refractivity contribution is 0.186. The van der Waals surface area contributed by atoms with Gasteiger partial charge in [-0.05, 0) is 44.6 Å². The lowest BCUT2D eigenvalue weighted by atomic mass is 10.0. The number of likely N-dealkylation sites (tertiary alicyclic amines) is 2. The molecular formula is C19H38IN5. The van der Waals surface area contributed by atoms with Crippen LogP contribution in [0.4, 0.5) is 0 Å². The Morgan fingerprint density at radius 3 is 2.56 bits per heavy atom. The Bertz CT molecular complexity index is 411. The number of aliphatic imine (C=N–C) groups is 1. The molecule has 0 aromatic heterocycles. The molecule has 5 nitrogen and oxygen atoms in total. The summed E-state index contributed by atoms with van der Waals surface area (Å²) in [5.74, 6) is 1.84. The minimum atomic E-state index is 0. The van der Waals surface area contributed by atoms with E-state index in [-0.39, 0.29) is 24.0 Å². The molecule has 0 bridgehead atoms. The molecule has 2 saturated heterocycles. The van der Waals surface area contributed by atoms with Crippen molar-refractivity contribution < 1.29 is 0 Å². The van der Waals surface area contributed by atoms with Crippen molar-refractivity contribution in [1.29, 1.82) is 0 Å². The first-order valence-electron chi connectivity index (χ1n) is 10.2. The summed E-state index contributed by atoms with van der Waals surface area (Å²) >= 11 is 0. The van der Waals surface area contributed by atoms with E-state index in [1.54, 1.807) is 0 Å². The number of hydrogen-bond donors (Lipinski definition) is 2. The molecule has 1 saturated carbocycles. The van der Waals surface area contributed by atoms with Gasteiger partial charge in [0.1, 0.15) is 0 Å². The summed E-state index contributed by atoms with van der Waals surface area (Å²) in [5.41, 5.74) is 0. The van der Waals surface area contributed by atoms with E-state index in [0.717, 1.165) is 31.0 Å². The van der Waals surface area contributed by atoms with Gasteiger partial charge >= 0.3 is 0 Å². The smallest absolute Gasteiger partial charge is 0.191 e. The Kier molecular flexibility index (Phi) is 9.27. The van der Waals surface area contributed by atoms with Crippen LogP contribution in [0.1, 0.15) is 51.9 Å². The van der Waals surface area contributed by atoms with E-state index in [1.807, 2.05) is 7.05 Å². The monoisotopic (exact) mass is 463 g/mol. The molecule has 2 N–H and O–H groups in total. The third kappa shape index (κ3) is 6.54. The zero-order chi connectivity index (χ0) is 16.8. The van der Waals surface area contributed by atoms with Crippen LogP contribution in [-0.2, 0) is 0 Å². The number of rotatable bonds is 5. The maximum absolute atomic E-state index is 4.43. The molecule has 2 unspecified atom stereocenters. The van der Waals surface area contributed by atoms with Crippen LogP contribution in [0.2, 0.25) is 0 Å². The molecule has 1 aliphatic carbocycles. The van der Waals surface area contributed by atoms with Crippen LogP contribution in [0.3, 0.4) is 0 Å². The Labute approximate surface area is 171 Å². The zero-order valence-corrected chi connectivity index (χ0v) is 18.5. The Morgan fingerprint density at radius 1 is 1.04 bits per heavy atom. The molecule has 0 aromatic rings. The molecule has 0 aromatic carbocycles. The number of guanidine groups is 1. The fourth-order valence-electron chi connectivity index (χ4n) is 4.72. The lowest BCUT2D eigenvalue weighted by Crippen LogP contribution is -2.47. The quantitative estimate of drug-likeness (QED) is 0.374. The fraction of sp³-hybridized carbons (Fsp3) is 0.947. The topological polar surface area (TPSA) is 42.9 Å². The number of hydrogen-bond acceptors (Lipinski definition) is 3. The van der Waals surface area contributed by atoms with Gasteiger partial charge in [0.05, 0.1) is 0 Å². The third-order valence-electron chi connectivity index (χ3n) is 6.09. The molecule has 0 amide bonds. The summed E-state index contributed by atoms with van der Waals surface area (Å²) in [7, 11) is 1.89. The van der Waals surface area contributed by atoms with Gasteiger partial charge in [-0.1, -0.05) is 19.8 Å². The number of piperidine rings is 1. The molecule has 6 heteroatoms. The highest BCUT2D eigenvalue weighted by atomic mass is 127. The molecular weight excluding hydrogens is 425 g/mol. The highest BCUT2D eigenvalue weighted by molar-refractivity contribution is 14.0. The molecule has 3 fully saturated rings. The van der Waals surface area contributed by atoms with Crippen LogP contribution in [0.5, 0.6) is 0 Å². The third-order valence-corrected chi connectivity index (χ3v) is 6.09. The average molecular weight is 463 g/mol. The summed E-state index contributed by atoms with van der Waals surface area (Å²) in [5, 5.41) is 7.17. The van der Waals surface area contributed by atoms with Crippen molar-refractivity contribution in [2.75, 3.05) is 46.3 Å².